The average molecular weight is 279 g/mol. The monoisotopic (exact) mass is 279 g/mol. The number of hydrogen-bond acceptors (Lipinski definition) is 3. The number of fused-ring (bicyclic) bond motifs is 2. The van der Waals surface area contributed by atoms with Crippen LogP contribution in [0.15, 0.2) is 0 Å². The molecule has 20 heavy (non-hydrogen) atoms. The summed E-state index contributed by atoms with van der Waals surface area (Å²) in [6.07, 6.45) is 8.42. The molecule has 3 fully saturated rings. The zero-order valence-electron chi connectivity index (χ0n) is 12.9. The summed E-state index contributed by atoms with van der Waals surface area (Å²) >= 11 is 0. The van der Waals surface area contributed by atoms with E-state index in [2.05, 4.69) is 29.6 Å². The Labute approximate surface area is 122 Å². The SMILES string of the molecule is CN(C)C(CNC(=O)CC1CC2CCC(C1)N2)C1CC1. The largest absolute Gasteiger partial charge is 0.355 e. The normalized spacial score (nSPS) is 34.2. The average Bonchev–Trinajstić information content (AvgIpc) is 3.15. The molecule has 3 unspecified atom stereocenters. The fraction of sp³-hybridized carbons (Fsp3) is 0.938. The van der Waals surface area contributed by atoms with Gasteiger partial charge in [0.05, 0.1) is 0 Å². The maximum atomic E-state index is 12.2. The Morgan fingerprint density at radius 3 is 2.40 bits per heavy atom. The fourth-order valence-electron chi connectivity index (χ4n) is 4.15. The summed E-state index contributed by atoms with van der Waals surface area (Å²) < 4.78 is 0. The highest BCUT2D eigenvalue weighted by molar-refractivity contribution is 5.76. The van der Waals surface area contributed by atoms with Gasteiger partial charge in [0.2, 0.25) is 5.91 Å². The van der Waals surface area contributed by atoms with E-state index in [-0.39, 0.29) is 5.91 Å². The molecule has 0 aromatic carbocycles. The highest BCUT2D eigenvalue weighted by atomic mass is 16.1. The molecule has 114 valence electrons. The van der Waals surface area contributed by atoms with Crippen LogP contribution < -0.4 is 10.6 Å². The zero-order chi connectivity index (χ0) is 14.1. The molecule has 2 saturated heterocycles. The van der Waals surface area contributed by atoms with E-state index in [1.807, 2.05) is 0 Å². The second kappa shape index (κ2) is 6.02. The molecule has 4 nitrogen and oxygen atoms in total. The van der Waals surface area contributed by atoms with E-state index in [9.17, 15) is 4.79 Å². The first-order valence-corrected chi connectivity index (χ1v) is 8.31. The molecule has 2 heterocycles. The van der Waals surface area contributed by atoms with Gasteiger partial charge in [-0.3, -0.25) is 4.79 Å². The number of hydrogen-bond donors (Lipinski definition) is 2. The van der Waals surface area contributed by atoms with Crippen LogP contribution in [0.3, 0.4) is 0 Å². The Morgan fingerprint density at radius 2 is 1.85 bits per heavy atom. The molecular formula is C16H29N3O. The molecule has 3 atom stereocenters. The first kappa shape index (κ1) is 14.3. The zero-order valence-corrected chi connectivity index (χ0v) is 12.9. The van der Waals surface area contributed by atoms with Gasteiger partial charge in [-0.2, -0.15) is 0 Å². The van der Waals surface area contributed by atoms with Crippen molar-refractivity contribution in [2.24, 2.45) is 11.8 Å². The Kier molecular flexibility index (Phi) is 4.32. The van der Waals surface area contributed by atoms with Crippen LogP contribution in [0.2, 0.25) is 0 Å². The molecule has 4 heteroatoms. The van der Waals surface area contributed by atoms with Crippen molar-refractivity contribution in [2.75, 3.05) is 20.6 Å². The standard InChI is InChI=1S/C16H29N3O/c1-19(2)15(12-3-4-12)10-17-16(20)9-11-7-13-5-6-14(8-11)18-13/h11-15,18H,3-10H2,1-2H3,(H,17,20). The van der Waals surface area contributed by atoms with Crippen LogP contribution in [-0.2, 0) is 4.79 Å². The van der Waals surface area contributed by atoms with Gasteiger partial charge in [-0.05, 0) is 64.5 Å². The van der Waals surface area contributed by atoms with E-state index in [1.54, 1.807) is 0 Å². The third-order valence-electron chi connectivity index (χ3n) is 5.38. The second-order valence-corrected chi connectivity index (χ2v) is 7.35. The predicted molar refractivity (Wildman–Crippen MR) is 80.5 cm³/mol. The summed E-state index contributed by atoms with van der Waals surface area (Å²) in [5, 5.41) is 6.83. The molecular weight excluding hydrogens is 250 g/mol. The number of nitrogens with zero attached hydrogens (tertiary/aromatic N) is 1. The molecule has 2 bridgehead atoms. The van der Waals surface area contributed by atoms with Crippen LogP contribution in [0.1, 0.15) is 44.9 Å². The lowest BCUT2D eigenvalue weighted by molar-refractivity contribution is -0.122. The molecule has 0 aromatic heterocycles. The molecule has 1 amide bonds. The molecule has 1 aliphatic carbocycles. The van der Waals surface area contributed by atoms with Crippen molar-refractivity contribution in [3.8, 4) is 0 Å². The Morgan fingerprint density at radius 1 is 1.20 bits per heavy atom. The molecule has 0 spiro atoms. The minimum absolute atomic E-state index is 0.267. The van der Waals surface area contributed by atoms with E-state index in [0.717, 1.165) is 18.9 Å². The number of carbonyl (C=O) groups is 1. The van der Waals surface area contributed by atoms with Crippen LogP contribution in [0.4, 0.5) is 0 Å². The summed E-state index contributed by atoms with van der Waals surface area (Å²) in [5.41, 5.74) is 0. The van der Waals surface area contributed by atoms with Crippen LogP contribution >= 0.6 is 0 Å². The van der Waals surface area contributed by atoms with E-state index >= 15 is 0 Å². The van der Waals surface area contributed by atoms with Crippen LogP contribution in [0.5, 0.6) is 0 Å². The third kappa shape index (κ3) is 3.53. The topological polar surface area (TPSA) is 44.4 Å². The molecule has 3 aliphatic rings. The van der Waals surface area contributed by atoms with Crippen molar-refractivity contribution in [3.63, 3.8) is 0 Å². The number of rotatable bonds is 6. The van der Waals surface area contributed by atoms with Crippen molar-refractivity contribution in [2.45, 2.75) is 63.1 Å². The van der Waals surface area contributed by atoms with E-state index in [0.29, 0.717) is 24.0 Å². The van der Waals surface area contributed by atoms with Gasteiger partial charge < -0.3 is 15.5 Å². The first-order chi connectivity index (χ1) is 9.61. The maximum Gasteiger partial charge on any atom is 0.220 e. The Balaban J connectivity index is 1.40. The van der Waals surface area contributed by atoms with Gasteiger partial charge in [-0.25, -0.2) is 0 Å². The van der Waals surface area contributed by atoms with Gasteiger partial charge >= 0.3 is 0 Å². The number of nitrogens with one attached hydrogen (secondary N) is 2. The minimum Gasteiger partial charge on any atom is -0.355 e. The molecule has 1 saturated carbocycles. The van der Waals surface area contributed by atoms with Crippen LogP contribution in [-0.4, -0.2) is 49.6 Å². The Bertz CT molecular complexity index is 340. The quantitative estimate of drug-likeness (QED) is 0.772. The molecule has 2 aliphatic heterocycles. The summed E-state index contributed by atoms with van der Waals surface area (Å²) in [4.78, 5) is 14.4. The van der Waals surface area contributed by atoms with Gasteiger partial charge in [0.25, 0.3) is 0 Å². The molecule has 0 aromatic rings. The first-order valence-electron chi connectivity index (χ1n) is 8.31. The van der Waals surface area contributed by atoms with Gasteiger partial charge in [0.1, 0.15) is 0 Å². The number of piperidine rings is 1. The van der Waals surface area contributed by atoms with E-state index < -0.39 is 0 Å². The summed E-state index contributed by atoms with van der Waals surface area (Å²) in [6.45, 7) is 0.828. The van der Waals surface area contributed by atoms with Crippen molar-refractivity contribution in [3.05, 3.63) is 0 Å². The summed E-state index contributed by atoms with van der Waals surface area (Å²) in [7, 11) is 4.25. The van der Waals surface area contributed by atoms with E-state index in [4.69, 9.17) is 0 Å². The Hall–Kier alpha value is -0.610. The van der Waals surface area contributed by atoms with E-state index in [1.165, 1.54) is 38.5 Å². The molecule has 0 radical (unpaired) electrons. The van der Waals surface area contributed by atoms with Crippen molar-refractivity contribution >= 4 is 5.91 Å². The lowest BCUT2D eigenvalue weighted by atomic mass is 9.89. The highest BCUT2D eigenvalue weighted by Crippen LogP contribution is 2.34. The summed E-state index contributed by atoms with van der Waals surface area (Å²) in [6, 6.07) is 1.91. The van der Waals surface area contributed by atoms with Crippen molar-refractivity contribution in [1.82, 2.24) is 15.5 Å². The molecule has 3 rings (SSSR count). The number of likely N-dealkylation sites (N-methyl/N-ethyl adjacent to an activating group) is 1. The van der Waals surface area contributed by atoms with Crippen molar-refractivity contribution < 1.29 is 4.79 Å². The van der Waals surface area contributed by atoms with Crippen molar-refractivity contribution in [1.29, 1.82) is 0 Å². The number of amides is 1. The highest BCUT2D eigenvalue weighted by Gasteiger charge is 2.35. The summed E-state index contributed by atoms with van der Waals surface area (Å²) in [5.74, 6) is 1.68. The lowest BCUT2D eigenvalue weighted by Gasteiger charge is -2.29. The lowest BCUT2D eigenvalue weighted by Crippen LogP contribution is -2.43. The number of carbonyl (C=O) groups excluding carboxylic acids is 1. The van der Waals surface area contributed by atoms with Gasteiger partial charge in [0, 0.05) is 31.1 Å². The fourth-order valence-corrected chi connectivity index (χ4v) is 4.15. The molecule has 2 N–H and O–H groups in total. The minimum atomic E-state index is 0.267. The van der Waals surface area contributed by atoms with Crippen LogP contribution in [0.25, 0.3) is 0 Å². The predicted octanol–water partition coefficient (Wildman–Crippen LogP) is 1.36. The maximum absolute atomic E-state index is 12.2. The smallest absolute Gasteiger partial charge is 0.220 e. The van der Waals surface area contributed by atoms with Gasteiger partial charge in [0.15, 0.2) is 0 Å². The second-order valence-electron chi connectivity index (χ2n) is 7.35. The van der Waals surface area contributed by atoms with Gasteiger partial charge in [-0.1, -0.05) is 0 Å². The van der Waals surface area contributed by atoms with Crippen LogP contribution in [0, 0.1) is 11.8 Å². The third-order valence-corrected chi connectivity index (χ3v) is 5.38. The van der Waals surface area contributed by atoms with Gasteiger partial charge in [-0.15, -0.1) is 0 Å².